The van der Waals surface area contributed by atoms with E-state index < -0.39 is 25.2 Å². The van der Waals surface area contributed by atoms with Crippen LogP contribution in [-0.4, -0.2) is 35.2 Å². The molecule has 0 aromatic heterocycles. The highest BCUT2D eigenvalue weighted by Gasteiger charge is 2.31. The van der Waals surface area contributed by atoms with E-state index in [4.69, 9.17) is 10.4 Å². The Labute approximate surface area is 107 Å². The molecular weight excluding hydrogens is 261 g/mol. The van der Waals surface area contributed by atoms with Crippen molar-refractivity contribution in [3.8, 4) is 6.07 Å². The third kappa shape index (κ3) is 5.88. The minimum Gasteiger partial charge on any atom is -0.480 e. The van der Waals surface area contributed by atoms with Gasteiger partial charge in [-0.2, -0.15) is 18.4 Å². The van der Waals surface area contributed by atoms with Crippen LogP contribution in [0.3, 0.4) is 0 Å². The molecule has 0 heterocycles. The van der Waals surface area contributed by atoms with Crippen LogP contribution in [0.2, 0.25) is 0 Å². The second-order valence-corrected chi connectivity index (χ2v) is 3.97. The summed E-state index contributed by atoms with van der Waals surface area (Å²) in [6, 6.07) is 7.92. The van der Waals surface area contributed by atoms with Crippen LogP contribution < -0.4 is 0 Å². The van der Waals surface area contributed by atoms with Gasteiger partial charge in [0.05, 0.1) is 24.7 Å². The van der Waals surface area contributed by atoms with Crippen LogP contribution >= 0.6 is 0 Å². The van der Waals surface area contributed by atoms with Crippen molar-refractivity contribution in [2.45, 2.75) is 12.7 Å². The summed E-state index contributed by atoms with van der Waals surface area (Å²) < 4.78 is 37.0. The Morgan fingerprint density at radius 2 is 2.11 bits per heavy atom. The zero-order valence-electron chi connectivity index (χ0n) is 9.81. The van der Waals surface area contributed by atoms with Crippen LogP contribution in [0.15, 0.2) is 24.3 Å². The molecule has 0 spiro atoms. The van der Waals surface area contributed by atoms with E-state index in [-0.39, 0.29) is 6.54 Å². The molecule has 1 N–H and O–H groups in total. The summed E-state index contributed by atoms with van der Waals surface area (Å²) in [6.45, 7) is -2.20. The SMILES string of the molecule is N#Cc1cccc(CN(CC(=O)O)CC(F)(F)F)c1. The normalized spacial score (nSPS) is 11.3. The summed E-state index contributed by atoms with van der Waals surface area (Å²) in [5.41, 5.74) is 0.782. The third-order valence-electron chi connectivity index (χ3n) is 2.22. The van der Waals surface area contributed by atoms with Gasteiger partial charge in [-0.05, 0) is 17.7 Å². The van der Waals surface area contributed by atoms with Gasteiger partial charge in [-0.15, -0.1) is 0 Å². The maximum absolute atomic E-state index is 12.3. The van der Waals surface area contributed by atoms with Crippen LogP contribution in [0.4, 0.5) is 13.2 Å². The predicted octanol–water partition coefficient (Wildman–Crippen LogP) is 2.01. The zero-order chi connectivity index (χ0) is 14.5. The van der Waals surface area contributed by atoms with Gasteiger partial charge >= 0.3 is 12.1 Å². The average Bonchev–Trinajstić information content (AvgIpc) is 2.26. The molecule has 0 bridgehead atoms. The number of hydrogen-bond donors (Lipinski definition) is 1. The van der Waals surface area contributed by atoms with Crippen molar-refractivity contribution in [2.75, 3.05) is 13.1 Å². The molecule has 0 fully saturated rings. The number of hydrogen-bond acceptors (Lipinski definition) is 3. The molecule has 4 nitrogen and oxygen atoms in total. The second kappa shape index (κ2) is 6.20. The van der Waals surface area contributed by atoms with E-state index >= 15 is 0 Å². The Bertz CT molecular complexity index is 494. The zero-order valence-corrected chi connectivity index (χ0v) is 9.81. The molecule has 0 amide bonds. The number of nitrogens with zero attached hydrogens (tertiary/aromatic N) is 2. The Morgan fingerprint density at radius 1 is 1.42 bits per heavy atom. The predicted molar refractivity (Wildman–Crippen MR) is 60.1 cm³/mol. The van der Waals surface area contributed by atoms with Crippen LogP contribution in [0, 0.1) is 11.3 Å². The van der Waals surface area contributed by atoms with Crippen LogP contribution in [0.1, 0.15) is 11.1 Å². The summed E-state index contributed by atoms with van der Waals surface area (Å²) in [6.07, 6.45) is -4.47. The van der Waals surface area contributed by atoms with Gasteiger partial charge in [0.2, 0.25) is 0 Å². The first-order valence-corrected chi connectivity index (χ1v) is 5.30. The number of carbonyl (C=O) groups is 1. The molecular formula is C12H11F3N2O2. The molecule has 0 aliphatic heterocycles. The van der Waals surface area contributed by atoms with E-state index in [0.717, 1.165) is 4.90 Å². The fourth-order valence-electron chi connectivity index (χ4n) is 1.61. The molecule has 0 aliphatic carbocycles. The fraction of sp³-hybridized carbons (Fsp3) is 0.333. The Hall–Kier alpha value is -2.07. The lowest BCUT2D eigenvalue weighted by Crippen LogP contribution is -2.37. The Balaban J connectivity index is 2.81. The van der Waals surface area contributed by atoms with Crippen molar-refractivity contribution in [3.63, 3.8) is 0 Å². The van der Waals surface area contributed by atoms with Gasteiger partial charge in [0.25, 0.3) is 0 Å². The van der Waals surface area contributed by atoms with Crippen molar-refractivity contribution in [3.05, 3.63) is 35.4 Å². The van der Waals surface area contributed by atoms with Gasteiger partial charge in [0.15, 0.2) is 0 Å². The fourth-order valence-corrected chi connectivity index (χ4v) is 1.61. The first-order valence-electron chi connectivity index (χ1n) is 5.30. The van der Waals surface area contributed by atoms with Gasteiger partial charge in [-0.1, -0.05) is 12.1 Å². The summed E-state index contributed by atoms with van der Waals surface area (Å²) in [7, 11) is 0. The molecule has 0 atom stereocenters. The maximum Gasteiger partial charge on any atom is 0.401 e. The summed E-state index contributed by atoms with van der Waals surface area (Å²) in [5.74, 6) is -1.33. The molecule has 0 aliphatic rings. The van der Waals surface area contributed by atoms with Crippen molar-refractivity contribution >= 4 is 5.97 Å². The molecule has 19 heavy (non-hydrogen) atoms. The largest absolute Gasteiger partial charge is 0.480 e. The first-order chi connectivity index (χ1) is 8.80. The number of alkyl halides is 3. The number of carboxylic acid groups (broad SMARTS) is 1. The lowest BCUT2D eigenvalue weighted by molar-refractivity contribution is -0.154. The van der Waals surface area contributed by atoms with Crippen molar-refractivity contribution in [2.24, 2.45) is 0 Å². The molecule has 0 unspecified atom stereocenters. The third-order valence-corrected chi connectivity index (χ3v) is 2.22. The van der Waals surface area contributed by atoms with Crippen LogP contribution in [0.25, 0.3) is 0 Å². The number of nitriles is 1. The van der Waals surface area contributed by atoms with E-state index in [1.54, 1.807) is 12.1 Å². The smallest absolute Gasteiger partial charge is 0.401 e. The average molecular weight is 272 g/mol. The molecule has 1 aromatic carbocycles. The molecule has 1 aromatic rings. The number of rotatable bonds is 5. The first kappa shape index (κ1) is 15.0. The molecule has 0 saturated heterocycles. The van der Waals surface area contributed by atoms with Gasteiger partial charge in [0.1, 0.15) is 0 Å². The highest BCUT2D eigenvalue weighted by atomic mass is 19.4. The monoisotopic (exact) mass is 272 g/mol. The van der Waals surface area contributed by atoms with Gasteiger partial charge in [-0.25, -0.2) is 0 Å². The molecule has 0 radical (unpaired) electrons. The summed E-state index contributed by atoms with van der Waals surface area (Å²) in [4.78, 5) is 11.3. The minimum atomic E-state index is -4.47. The minimum absolute atomic E-state index is 0.179. The number of benzene rings is 1. The number of halogens is 3. The molecule has 0 saturated carbocycles. The van der Waals surface area contributed by atoms with Crippen LogP contribution in [0.5, 0.6) is 0 Å². The van der Waals surface area contributed by atoms with E-state index in [1.165, 1.54) is 12.1 Å². The van der Waals surface area contributed by atoms with E-state index in [1.807, 2.05) is 6.07 Å². The number of aliphatic carboxylic acids is 1. The molecule has 102 valence electrons. The summed E-state index contributed by atoms with van der Waals surface area (Å²) in [5, 5.41) is 17.3. The second-order valence-electron chi connectivity index (χ2n) is 3.97. The standard InChI is InChI=1S/C12H11F3N2O2/c13-12(14,15)8-17(7-11(18)19)6-10-3-1-2-9(4-10)5-16/h1-4H,6-8H2,(H,18,19). The van der Waals surface area contributed by atoms with Crippen molar-refractivity contribution in [1.29, 1.82) is 5.26 Å². The van der Waals surface area contributed by atoms with E-state index in [9.17, 15) is 18.0 Å². The highest BCUT2D eigenvalue weighted by molar-refractivity contribution is 5.69. The Morgan fingerprint density at radius 3 is 2.63 bits per heavy atom. The Kier molecular flexibility index (Phi) is 4.89. The lowest BCUT2D eigenvalue weighted by Gasteiger charge is -2.21. The van der Waals surface area contributed by atoms with E-state index in [0.29, 0.717) is 11.1 Å². The van der Waals surface area contributed by atoms with E-state index in [2.05, 4.69) is 0 Å². The number of carboxylic acids is 1. The molecule has 7 heteroatoms. The maximum atomic E-state index is 12.3. The topological polar surface area (TPSA) is 64.3 Å². The van der Waals surface area contributed by atoms with Crippen LogP contribution in [-0.2, 0) is 11.3 Å². The van der Waals surface area contributed by atoms with Crippen molar-refractivity contribution in [1.82, 2.24) is 4.90 Å². The summed E-state index contributed by atoms with van der Waals surface area (Å²) >= 11 is 0. The van der Waals surface area contributed by atoms with Gasteiger partial charge in [-0.3, -0.25) is 9.69 Å². The lowest BCUT2D eigenvalue weighted by atomic mass is 10.1. The van der Waals surface area contributed by atoms with Gasteiger partial charge < -0.3 is 5.11 Å². The molecule has 1 rings (SSSR count). The quantitative estimate of drug-likeness (QED) is 0.890. The highest BCUT2D eigenvalue weighted by Crippen LogP contribution is 2.18. The van der Waals surface area contributed by atoms with Crippen molar-refractivity contribution < 1.29 is 23.1 Å². The van der Waals surface area contributed by atoms with Gasteiger partial charge in [0, 0.05) is 6.54 Å².